The molecule has 0 saturated carbocycles. The van der Waals surface area contributed by atoms with Crippen molar-refractivity contribution >= 4 is 11.7 Å². The van der Waals surface area contributed by atoms with Crippen molar-refractivity contribution in [1.82, 2.24) is 9.88 Å². The maximum absolute atomic E-state index is 12.5. The van der Waals surface area contributed by atoms with Gasteiger partial charge in [0.05, 0.1) is 25.9 Å². The molecule has 110 valence electrons. The van der Waals surface area contributed by atoms with Gasteiger partial charge >= 0.3 is 0 Å². The van der Waals surface area contributed by atoms with Gasteiger partial charge in [-0.05, 0) is 18.6 Å². The van der Waals surface area contributed by atoms with Crippen LogP contribution in [0.25, 0.3) is 0 Å². The van der Waals surface area contributed by atoms with Crippen molar-refractivity contribution in [3.8, 4) is 0 Å². The SMILES string of the molecule is CCCNc1cc(C(=O)N2CCOCC2CO)ccn1. The molecule has 20 heavy (non-hydrogen) atoms. The minimum absolute atomic E-state index is 0.0856. The van der Waals surface area contributed by atoms with E-state index in [1.807, 2.05) is 0 Å². The summed E-state index contributed by atoms with van der Waals surface area (Å²) in [5.41, 5.74) is 0.582. The molecule has 1 aliphatic rings. The van der Waals surface area contributed by atoms with Gasteiger partial charge in [-0.1, -0.05) is 6.92 Å². The van der Waals surface area contributed by atoms with Crippen LogP contribution in [0.5, 0.6) is 0 Å². The third kappa shape index (κ3) is 3.46. The van der Waals surface area contributed by atoms with Gasteiger partial charge in [0.15, 0.2) is 0 Å². The first-order chi connectivity index (χ1) is 9.76. The first kappa shape index (κ1) is 14.7. The van der Waals surface area contributed by atoms with E-state index in [1.54, 1.807) is 23.2 Å². The molecule has 0 aromatic carbocycles. The van der Waals surface area contributed by atoms with Crippen LogP contribution in [-0.2, 0) is 4.74 Å². The standard InChI is InChI=1S/C14H21N3O3/c1-2-4-15-13-8-11(3-5-16-13)14(19)17-6-7-20-10-12(17)9-18/h3,5,8,12,18H,2,4,6-7,9-10H2,1H3,(H,15,16). The molecule has 1 fully saturated rings. The predicted molar refractivity (Wildman–Crippen MR) is 75.7 cm³/mol. The average molecular weight is 279 g/mol. The number of hydrogen-bond acceptors (Lipinski definition) is 5. The molecular formula is C14H21N3O3. The molecule has 1 unspecified atom stereocenters. The number of nitrogens with one attached hydrogen (secondary N) is 1. The summed E-state index contributed by atoms with van der Waals surface area (Å²) in [7, 11) is 0. The normalized spacial score (nSPS) is 18.9. The molecule has 6 heteroatoms. The molecule has 0 aliphatic carbocycles. The van der Waals surface area contributed by atoms with Crippen LogP contribution in [0.15, 0.2) is 18.3 Å². The third-order valence-corrected chi connectivity index (χ3v) is 3.26. The minimum atomic E-state index is -0.267. The number of rotatable bonds is 5. The van der Waals surface area contributed by atoms with Gasteiger partial charge in [0.2, 0.25) is 0 Å². The topological polar surface area (TPSA) is 74.7 Å². The van der Waals surface area contributed by atoms with Crippen LogP contribution in [0.2, 0.25) is 0 Å². The molecule has 6 nitrogen and oxygen atoms in total. The van der Waals surface area contributed by atoms with Crippen molar-refractivity contribution < 1.29 is 14.6 Å². The number of nitrogens with zero attached hydrogens (tertiary/aromatic N) is 2. The summed E-state index contributed by atoms with van der Waals surface area (Å²) in [4.78, 5) is 18.4. The van der Waals surface area contributed by atoms with Crippen molar-refractivity contribution in [3.63, 3.8) is 0 Å². The Kier molecular flexibility index (Phi) is 5.31. The number of ether oxygens (including phenoxy) is 1. The Morgan fingerprint density at radius 3 is 3.25 bits per heavy atom. The lowest BCUT2D eigenvalue weighted by Gasteiger charge is -2.34. The molecule has 1 aromatic rings. The first-order valence-electron chi connectivity index (χ1n) is 6.95. The zero-order valence-corrected chi connectivity index (χ0v) is 11.7. The van der Waals surface area contributed by atoms with Crippen molar-refractivity contribution in [1.29, 1.82) is 0 Å². The Morgan fingerprint density at radius 2 is 2.50 bits per heavy atom. The van der Waals surface area contributed by atoms with E-state index in [0.717, 1.165) is 13.0 Å². The van der Waals surface area contributed by atoms with E-state index in [-0.39, 0.29) is 18.6 Å². The van der Waals surface area contributed by atoms with Crippen LogP contribution in [0.4, 0.5) is 5.82 Å². The summed E-state index contributed by atoms with van der Waals surface area (Å²) in [6, 6.07) is 3.18. The number of aromatic nitrogens is 1. The highest BCUT2D eigenvalue weighted by Gasteiger charge is 2.27. The van der Waals surface area contributed by atoms with Crippen molar-refractivity contribution in [2.75, 3.05) is 38.2 Å². The summed E-state index contributed by atoms with van der Waals surface area (Å²) in [5.74, 6) is 0.612. The summed E-state index contributed by atoms with van der Waals surface area (Å²) in [6.07, 6.45) is 2.62. The van der Waals surface area contributed by atoms with E-state index in [9.17, 15) is 9.90 Å². The fraction of sp³-hybridized carbons (Fsp3) is 0.571. The van der Waals surface area contributed by atoms with Gasteiger partial charge in [0.25, 0.3) is 5.91 Å². The average Bonchev–Trinajstić information content (AvgIpc) is 2.52. The van der Waals surface area contributed by atoms with E-state index < -0.39 is 0 Å². The highest BCUT2D eigenvalue weighted by atomic mass is 16.5. The molecule has 1 amide bonds. The largest absolute Gasteiger partial charge is 0.394 e. The summed E-state index contributed by atoms with van der Waals surface area (Å²) < 4.78 is 5.29. The molecule has 1 aliphatic heterocycles. The molecule has 1 aromatic heterocycles. The Balaban J connectivity index is 2.11. The molecule has 2 N–H and O–H groups in total. The van der Waals surface area contributed by atoms with Crippen LogP contribution in [0, 0.1) is 0 Å². The maximum atomic E-state index is 12.5. The first-order valence-corrected chi connectivity index (χ1v) is 6.95. The number of morpholine rings is 1. The second-order valence-corrected chi connectivity index (χ2v) is 4.77. The number of amides is 1. The summed E-state index contributed by atoms with van der Waals surface area (Å²) in [5, 5.41) is 12.5. The van der Waals surface area contributed by atoms with Crippen LogP contribution >= 0.6 is 0 Å². The van der Waals surface area contributed by atoms with Crippen molar-refractivity contribution in [2.24, 2.45) is 0 Å². The Morgan fingerprint density at radius 1 is 1.65 bits per heavy atom. The zero-order chi connectivity index (χ0) is 14.4. The number of hydrogen-bond donors (Lipinski definition) is 2. The highest BCUT2D eigenvalue weighted by molar-refractivity contribution is 5.95. The van der Waals surface area contributed by atoms with Crippen LogP contribution in [0.1, 0.15) is 23.7 Å². The Bertz CT molecular complexity index is 453. The van der Waals surface area contributed by atoms with Crippen LogP contribution < -0.4 is 5.32 Å². The number of pyridine rings is 1. The van der Waals surface area contributed by atoms with Crippen LogP contribution in [-0.4, -0.2) is 59.8 Å². The number of aliphatic hydroxyl groups is 1. The number of carbonyl (C=O) groups is 1. The predicted octanol–water partition coefficient (Wildman–Crippen LogP) is 0.737. The zero-order valence-electron chi connectivity index (χ0n) is 11.7. The van der Waals surface area contributed by atoms with Gasteiger partial charge in [0, 0.05) is 24.8 Å². The van der Waals surface area contributed by atoms with E-state index in [0.29, 0.717) is 31.1 Å². The Hall–Kier alpha value is -1.66. The van der Waals surface area contributed by atoms with Crippen molar-refractivity contribution in [3.05, 3.63) is 23.9 Å². The molecule has 0 bridgehead atoms. The maximum Gasteiger partial charge on any atom is 0.254 e. The monoisotopic (exact) mass is 279 g/mol. The summed E-state index contributed by atoms with van der Waals surface area (Å²) in [6.45, 7) is 4.20. The quantitative estimate of drug-likeness (QED) is 0.831. The fourth-order valence-corrected chi connectivity index (χ4v) is 2.15. The molecule has 2 rings (SSSR count). The van der Waals surface area contributed by atoms with Gasteiger partial charge in [-0.3, -0.25) is 4.79 Å². The van der Waals surface area contributed by atoms with Crippen molar-refractivity contribution in [2.45, 2.75) is 19.4 Å². The highest BCUT2D eigenvalue weighted by Crippen LogP contribution is 2.14. The lowest BCUT2D eigenvalue weighted by molar-refractivity contribution is -0.0183. The second kappa shape index (κ2) is 7.21. The molecule has 2 heterocycles. The van der Waals surface area contributed by atoms with Gasteiger partial charge in [-0.15, -0.1) is 0 Å². The number of aliphatic hydroxyl groups excluding tert-OH is 1. The molecule has 1 atom stereocenters. The van der Waals surface area contributed by atoms with E-state index >= 15 is 0 Å². The minimum Gasteiger partial charge on any atom is -0.394 e. The van der Waals surface area contributed by atoms with E-state index in [2.05, 4.69) is 17.2 Å². The lowest BCUT2D eigenvalue weighted by atomic mass is 10.1. The smallest absolute Gasteiger partial charge is 0.254 e. The second-order valence-electron chi connectivity index (χ2n) is 4.77. The fourth-order valence-electron chi connectivity index (χ4n) is 2.15. The Labute approximate surface area is 118 Å². The van der Waals surface area contributed by atoms with E-state index in [4.69, 9.17) is 4.74 Å². The summed E-state index contributed by atoms with van der Waals surface area (Å²) >= 11 is 0. The molecule has 0 spiro atoms. The lowest BCUT2D eigenvalue weighted by Crippen LogP contribution is -2.50. The van der Waals surface area contributed by atoms with Crippen LogP contribution in [0.3, 0.4) is 0 Å². The molecule has 1 saturated heterocycles. The van der Waals surface area contributed by atoms with Gasteiger partial charge in [-0.25, -0.2) is 4.98 Å². The van der Waals surface area contributed by atoms with Gasteiger partial charge in [0.1, 0.15) is 5.82 Å². The van der Waals surface area contributed by atoms with Gasteiger partial charge < -0.3 is 20.1 Å². The van der Waals surface area contributed by atoms with E-state index in [1.165, 1.54) is 0 Å². The molecule has 0 radical (unpaired) electrons. The van der Waals surface area contributed by atoms with Gasteiger partial charge in [-0.2, -0.15) is 0 Å². The third-order valence-electron chi connectivity index (χ3n) is 3.26. The number of anilines is 1. The molecular weight excluding hydrogens is 258 g/mol. The number of carbonyl (C=O) groups excluding carboxylic acids is 1.